The molecule has 1 fully saturated rings. The van der Waals surface area contributed by atoms with Gasteiger partial charge < -0.3 is 5.32 Å². The second-order valence-corrected chi connectivity index (χ2v) is 5.27. The Balaban J connectivity index is 1.99. The molecule has 1 atom stereocenters. The molecule has 0 bridgehead atoms. The highest BCUT2D eigenvalue weighted by Gasteiger charge is 2.23. The number of hydrogen-bond acceptors (Lipinski definition) is 1. The van der Waals surface area contributed by atoms with Crippen LogP contribution in [0.5, 0.6) is 0 Å². The van der Waals surface area contributed by atoms with Crippen LogP contribution in [0.25, 0.3) is 0 Å². The molecule has 0 aromatic heterocycles. The van der Waals surface area contributed by atoms with Crippen LogP contribution in [0.1, 0.15) is 26.2 Å². The summed E-state index contributed by atoms with van der Waals surface area (Å²) >= 11 is 2.38. The summed E-state index contributed by atoms with van der Waals surface area (Å²) < 4.78 is 1.32. The van der Waals surface area contributed by atoms with E-state index >= 15 is 0 Å². The second kappa shape index (κ2) is 4.51. The van der Waals surface area contributed by atoms with E-state index in [9.17, 15) is 0 Å². The van der Waals surface area contributed by atoms with Crippen LogP contribution < -0.4 is 5.32 Å². The highest BCUT2D eigenvalue weighted by molar-refractivity contribution is 14.1. The highest BCUT2D eigenvalue weighted by Crippen LogP contribution is 2.31. The Hall–Kier alpha value is -0.250. The first-order chi connectivity index (χ1) is 6.77. The summed E-state index contributed by atoms with van der Waals surface area (Å²) in [7, 11) is 0. The molecule has 76 valence electrons. The lowest BCUT2D eigenvalue weighted by Gasteiger charge is -2.32. The molecule has 0 spiro atoms. The summed E-state index contributed by atoms with van der Waals surface area (Å²) in [4.78, 5) is 0. The molecule has 0 saturated heterocycles. The van der Waals surface area contributed by atoms with Gasteiger partial charge in [-0.05, 0) is 60.4 Å². The van der Waals surface area contributed by atoms with Crippen molar-refractivity contribution < 1.29 is 0 Å². The molecule has 0 aliphatic heterocycles. The van der Waals surface area contributed by atoms with Gasteiger partial charge in [0.25, 0.3) is 0 Å². The van der Waals surface area contributed by atoms with Crippen molar-refractivity contribution in [1.29, 1.82) is 0 Å². The van der Waals surface area contributed by atoms with Crippen molar-refractivity contribution in [3.8, 4) is 0 Å². The molecule has 1 saturated carbocycles. The highest BCUT2D eigenvalue weighted by atomic mass is 127. The Bertz CT molecular complexity index is 307. The molecule has 0 heterocycles. The Kier molecular flexibility index (Phi) is 3.31. The third-order valence-electron chi connectivity index (χ3n) is 3.11. The number of rotatable bonds is 3. The first-order valence-electron chi connectivity index (χ1n) is 5.28. The van der Waals surface area contributed by atoms with Gasteiger partial charge in [-0.1, -0.05) is 18.6 Å². The minimum Gasteiger partial charge on any atom is -0.381 e. The molecule has 1 N–H and O–H groups in total. The monoisotopic (exact) mass is 301 g/mol. The quantitative estimate of drug-likeness (QED) is 0.835. The molecule has 1 unspecified atom stereocenters. The van der Waals surface area contributed by atoms with Crippen molar-refractivity contribution in [2.24, 2.45) is 5.92 Å². The molecule has 0 amide bonds. The predicted octanol–water partition coefficient (Wildman–Crippen LogP) is 3.89. The number of para-hydroxylation sites is 1. The summed E-state index contributed by atoms with van der Waals surface area (Å²) in [5.74, 6) is 0.894. The van der Waals surface area contributed by atoms with Gasteiger partial charge in [0.15, 0.2) is 0 Å². The molecule has 1 aromatic rings. The average Bonchev–Trinajstić information content (AvgIpc) is 2.05. The lowest BCUT2D eigenvalue weighted by molar-refractivity contribution is 0.285. The Morgan fingerprint density at radius 2 is 2.07 bits per heavy atom. The first-order valence-corrected chi connectivity index (χ1v) is 6.36. The zero-order chi connectivity index (χ0) is 9.97. The van der Waals surface area contributed by atoms with Crippen LogP contribution in [0.3, 0.4) is 0 Å². The summed E-state index contributed by atoms with van der Waals surface area (Å²) in [6.45, 7) is 2.30. The van der Waals surface area contributed by atoms with Crippen molar-refractivity contribution in [3.05, 3.63) is 27.8 Å². The minimum absolute atomic E-state index is 0.625. The summed E-state index contributed by atoms with van der Waals surface area (Å²) in [6.07, 6.45) is 4.22. The SMILES string of the molecule is CC(Nc1ccccc1I)C1CCC1. The van der Waals surface area contributed by atoms with E-state index in [0.717, 1.165) is 5.92 Å². The molecule has 2 heteroatoms. The van der Waals surface area contributed by atoms with Gasteiger partial charge in [0, 0.05) is 15.3 Å². The van der Waals surface area contributed by atoms with Gasteiger partial charge in [0.1, 0.15) is 0 Å². The van der Waals surface area contributed by atoms with E-state index in [0.29, 0.717) is 6.04 Å². The zero-order valence-electron chi connectivity index (χ0n) is 8.46. The van der Waals surface area contributed by atoms with Crippen LogP contribution in [0.15, 0.2) is 24.3 Å². The number of anilines is 1. The molecule has 1 aliphatic carbocycles. The third-order valence-corrected chi connectivity index (χ3v) is 4.05. The van der Waals surface area contributed by atoms with E-state index < -0.39 is 0 Å². The number of halogens is 1. The van der Waals surface area contributed by atoms with Crippen LogP contribution >= 0.6 is 22.6 Å². The number of hydrogen-bond donors (Lipinski definition) is 1. The van der Waals surface area contributed by atoms with E-state index in [-0.39, 0.29) is 0 Å². The second-order valence-electron chi connectivity index (χ2n) is 4.10. The van der Waals surface area contributed by atoms with Gasteiger partial charge in [-0.3, -0.25) is 0 Å². The molecular formula is C12H16IN. The topological polar surface area (TPSA) is 12.0 Å². The van der Waals surface area contributed by atoms with Crippen LogP contribution in [0.4, 0.5) is 5.69 Å². The third kappa shape index (κ3) is 2.22. The van der Waals surface area contributed by atoms with Gasteiger partial charge >= 0.3 is 0 Å². The fourth-order valence-electron chi connectivity index (χ4n) is 1.88. The van der Waals surface area contributed by atoms with E-state index in [1.54, 1.807) is 0 Å². The standard InChI is InChI=1S/C12H16IN/c1-9(10-5-4-6-10)14-12-8-3-2-7-11(12)13/h2-3,7-10,14H,4-6H2,1H3. The van der Waals surface area contributed by atoms with Crippen LogP contribution in [-0.4, -0.2) is 6.04 Å². The van der Waals surface area contributed by atoms with Gasteiger partial charge in [0.05, 0.1) is 0 Å². The van der Waals surface area contributed by atoms with Crippen molar-refractivity contribution >= 4 is 28.3 Å². The Labute approximate surface area is 99.4 Å². The van der Waals surface area contributed by atoms with Gasteiger partial charge in [-0.25, -0.2) is 0 Å². The smallest absolute Gasteiger partial charge is 0.0478 e. The maximum absolute atomic E-state index is 3.60. The fourth-order valence-corrected chi connectivity index (χ4v) is 2.42. The average molecular weight is 301 g/mol. The largest absolute Gasteiger partial charge is 0.381 e. The van der Waals surface area contributed by atoms with Gasteiger partial charge in [0.2, 0.25) is 0 Å². The lowest BCUT2D eigenvalue weighted by atomic mass is 9.80. The van der Waals surface area contributed by atoms with Crippen molar-refractivity contribution in [1.82, 2.24) is 0 Å². The number of benzene rings is 1. The Morgan fingerprint density at radius 3 is 2.64 bits per heavy atom. The van der Waals surface area contributed by atoms with E-state index in [4.69, 9.17) is 0 Å². The molecular weight excluding hydrogens is 285 g/mol. The Morgan fingerprint density at radius 1 is 1.36 bits per heavy atom. The molecule has 1 aliphatic rings. The van der Waals surface area contributed by atoms with E-state index in [2.05, 4.69) is 59.1 Å². The molecule has 1 aromatic carbocycles. The van der Waals surface area contributed by atoms with E-state index in [1.807, 2.05) is 0 Å². The van der Waals surface area contributed by atoms with Gasteiger partial charge in [-0.2, -0.15) is 0 Å². The minimum atomic E-state index is 0.625. The first kappa shape index (κ1) is 10.3. The zero-order valence-corrected chi connectivity index (χ0v) is 10.6. The van der Waals surface area contributed by atoms with Crippen molar-refractivity contribution in [2.75, 3.05) is 5.32 Å². The maximum Gasteiger partial charge on any atom is 0.0478 e. The van der Waals surface area contributed by atoms with Crippen LogP contribution in [-0.2, 0) is 0 Å². The molecule has 14 heavy (non-hydrogen) atoms. The molecule has 1 nitrogen and oxygen atoms in total. The van der Waals surface area contributed by atoms with Crippen molar-refractivity contribution in [2.45, 2.75) is 32.2 Å². The predicted molar refractivity (Wildman–Crippen MR) is 69.6 cm³/mol. The lowest BCUT2D eigenvalue weighted by Crippen LogP contribution is -2.31. The van der Waals surface area contributed by atoms with Crippen molar-refractivity contribution in [3.63, 3.8) is 0 Å². The maximum atomic E-state index is 3.60. The summed E-state index contributed by atoms with van der Waals surface area (Å²) in [6, 6.07) is 9.12. The van der Waals surface area contributed by atoms with Crippen LogP contribution in [0.2, 0.25) is 0 Å². The molecule has 2 rings (SSSR count). The van der Waals surface area contributed by atoms with Gasteiger partial charge in [-0.15, -0.1) is 0 Å². The molecule has 0 radical (unpaired) electrons. The van der Waals surface area contributed by atoms with Crippen LogP contribution in [0, 0.1) is 9.49 Å². The normalized spacial score (nSPS) is 18.7. The summed E-state index contributed by atoms with van der Waals surface area (Å²) in [5, 5.41) is 3.60. The summed E-state index contributed by atoms with van der Waals surface area (Å²) in [5.41, 5.74) is 1.28. The van der Waals surface area contributed by atoms with E-state index in [1.165, 1.54) is 28.5 Å². The number of nitrogens with one attached hydrogen (secondary N) is 1. The fraction of sp³-hybridized carbons (Fsp3) is 0.500.